The van der Waals surface area contributed by atoms with E-state index in [-0.39, 0.29) is 12.8 Å². The number of benzene rings is 1. The Bertz CT molecular complexity index is 456. The highest BCUT2D eigenvalue weighted by Crippen LogP contribution is 2.25. The van der Waals surface area contributed by atoms with Crippen LogP contribution in [0.4, 0.5) is 4.79 Å². The molecule has 0 atom stereocenters. The van der Waals surface area contributed by atoms with E-state index >= 15 is 0 Å². The molecule has 0 aliphatic heterocycles. The van der Waals surface area contributed by atoms with Gasteiger partial charge in [-0.2, -0.15) is 0 Å². The molecule has 1 aromatic carbocycles. The lowest BCUT2D eigenvalue weighted by Gasteiger charge is -2.15. The molecule has 0 saturated heterocycles. The van der Waals surface area contributed by atoms with Gasteiger partial charge < -0.3 is 15.4 Å². The van der Waals surface area contributed by atoms with Crippen molar-refractivity contribution in [1.82, 2.24) is 10.6 Å². The normalized spacial score (nSPS) is 10.5. The Morgan fingerprint density at radius 1 is 1.15 bits per heavy atom. The lowest BCUT2D eigenvalue weighted by molar-refractivity contribution is 0.223. The highest BCUT2D eigenvalue weighted by molar-refractivity contribution is 5.73. The number of carbonyl (C=O) groups is 1. The van der Waals surface area contributed by atoms with E-state index in [1.165, 1.54) is 5.56 Å². The van der Waals surface area contributed by atoms with Crippen molar-refractivity contribution in [3.63, 3.8) is 0 Å². The zero-order chi connectivity index (χ0) is 15.1. The third-order valence-electron chi connectivity index (χ3n) is 3.33. The van der Waals surface area contributed by atoms with E-state index in [4.69, 9.17) is 4.74 Å². The Hall–Kier alpha value is -1.71. The molecular formula is C16H26N2O2. The summed E-state index contributed by atoms with van der Waals surface area (Å²) >= 11 is 0. The largest absolute Gasteiger partial charge is 0.473 e. The second kappa shape index (κ2) is 7.78. The first-order chi connectivity index (χ1) is 9.41. The summed E-state index contributed by atoms with van der Waals surface area (Å²) < 4.78 is 5.67. The molecule has 0 heterocycles. The quantitative estimate of drug-likeness (QED) is 0.784. The number of urea groups is 1. The maximum absolute atomic E-state index is 11.5. The SMILES string of the molecule is Cc1ccc(C)c(OCNC(=O)NCCC(C)C)c1C. The lowest BCUT2D eigenvalue weighted by atomic mass is 10.1. The summed E-state index contributed by atoms with van der Waals surface area (Å²) in [6.07, 6.45) is 0.977. The molecule has 0 radical (unpaired) electrons. The molecule has 20 heavy (non-hydrogen) atoms. The average Bonchev–Trinajstić information content (AvgIpc) is 2.38. The minimum atomic E-state index is -0.186. The predicted octanol–water partition coefficient (Wildman–Crippen LogP) is 3.29. The summed E-state index contributed by atoms with van der Waals surface area (Å²) in [6.45, 7) is 11.2. The van der Waals surface area contributed by atoms with Crippen LogP contribution in [0.15, 0.2) is 12.1 Å². The fraction of sp³-hybridized carbons (Fsp3) is 0.562. The van der Waals surface area contributed by atoms with Crippen LogP contribution in [0.5, 0.6) is 5.75 Å². The molecule has 0 saturated carbocycles. The number of amides is 2. The van der Waals surface area contributed by atoms with Gasteiger partial charge in [-0.15, -0.1) is 0 Å². The van der Waals surface area contributed by atoms with E-state index in [0.717, 1.165) is 23.3 Å². The van der Waals surface area contributed by atoms with Crippen molar-refractivity contribution in [3.8, 4) is 5.75 Å². The molecule has 0 spiro atoms. The molecule has 1 rings (SSSR count). The first kappa shape index (κ1) is 16.3. The van der Waals surface area contributed by atoms with Crippen molar-refractivity contribution in [2.24, 2.45) is 5.92 Å². The van der Waals surface area contributed by atoms with Gasteiger partial charge in [-0.25, -0.2) is 4.79 Å². The van der Waals surface area contributed by atoms with Crippen LogP contribution < -0.4 is 15.4 Å². The third kappa shape index (κ3) is 5.11. The molecule has 0 fully saturated rings. The minimum absolute atomic E-state index is 0.179. The minimum Gasteiger partial charge on any atom is -0.473 e. The number of ether oxygens (including phenoxy) is 1. The monoisotopic (exact) mass is 278 g/mol. The van der Waals surface area contributed by atoms with Crippen LogP contribution in [-0.4, -0.2) is 19.3 Å². The van der Waals surface area contributed by atoms with Crippen molar-refractivity contribution in [2.45, 2.75) is 41.0 Å². The highest BCUT2D eigenvalue weighted by atomic mass is 16.5. The van der Waals surface area contributed by atoms with Gasteiger partial charge in [0.05, 0.1) is 0 Å². The molecule has 2 amide bonds. The molecule has 1 aromatic rings. The fourth-order valence-corrected chi connectivity index (χ4v) is 1.86. The van der Waals surface area contributed by atoms with E-state index in [9.17, 15) is 4.79 Å². The molecule has 112 valence electrons. The van der Waals surface area contributed by atoms with E-state index in [1.807, 2.05) is 26.8 Å². The Labute approximate surface area is 121 Å². The van der Waals surface area contributed by atoms with Gasteiger partial charge in [0.2, 0.25) is 0 Å². The molecule has 4 nitrogen and oxygen atoms in total. The summed E-state index contributed by atoms with van der Waals surface area (Å²) in [7, 11) is 0. The molecule has 0 bridgehead atoms. The topological polar surface area (TPSA) is 50.4 Å². The molecule has 0 aromatic heterocycles. The van der Waals surface area contributed by atoms with Crippen molar-refractivity contribution in [3.05, 3.63) is 28.8 Å². The fourth-order valence-electron chi connectivity index (χ4n) is 1.86. The number of rotatable bonds is 6. The van der Waals surface area contributed by atoms with Gasteiger partial charge in [0.1, 0.15) is 5.75 Å². The van der Waals surface area contributed by atoms with Crippen molar-refractivity contribution < 1.29 is 9.53 Å². The summed E-state index contributed by atoms with van der Waals surface area (Å²) in [4.78, 5) is 11.5. The summed E-state index contributed by atoms with van der Waals surface area (Å²) in [5.74, 6) is 1.44. The second-order valence-electron chi connectivity index (χ2n) is 5.56. The number of aryl methyl sites for hydroxylation is 2. The summed E-state index contributed by atoms with van der Waals surface area (Å²) in [6, 6.07) is 3.91. The standard InChI is InChI=1S/C16H26N2O2/c1-11(2)8-9-17-16(19)18-10-20-15-13(4)7-6-12(3)14(15)5/h6-7,11H,8-10H2,1-5H3,(H2,17,18,19). The van der Waals surface area contributed by atoms with Gasteiger partial charge in [-0.1, -0.05) is 26.0 Å². The maximum atomic E-state index is 11.5. The van der Waals surface area contributed by atoms with Gasteiger partial charge in [-0.05, 0) is 49.8 Å². The van der Waals surface area contributed by atoms with Crippen LogP contribution in [0.2, 0.25) is 0 Å². The number of nitrogens with one attached hydrogen (secondary N) is 2. The van der Waals surface area contributed by atoms with E-state index in [1.54, 1.807) is 0 Å². The average molecular weight is 278 g/mol. The van der Waals surface area contributed by atoms with Crippen molar-refractivity contribution in [2.75, 3.05) is 13.3 Å². The van der Waals surface area contributed by atoms with Crippen molar-refractivity contribution >= 4 is 6.03 Å². The van der Waals surface area contributed by atoms with Gasteiger partial charge in [-0.3, -0.25) is 0 Å². The maximum Gasteiger partial charge on any atom is 0.317 e. The second-order valence-corrected chi connectivity index (χ2v) is 5.56. The highest BCUT2D eigenvalue weighted by Gasteiger charge is 2.07. The zero-order valence-electron chi connectivity index (χ0n) is 13.2. The van der Waals surface area contributed by atoms with E-state index < -0.39 is 0 Å². The number of hydrogen-bond acceptors (Lipinski definition) is 2. The number of carbonyl (C=O) groups excluding carboxylic acids is 1. The lowest BCUT2D eigenvalue weighted by Crippen LogP contribution is -2.38. The van der Waals surface area contributed by atoms with E-state index in [0.29, 0.717) is 12.5 Å². The molecule has 0 unspecified atom stereocenters. The Balaban J connectivity index is 2.38. The Morgan fingerprint density at radius 2 is 1.80 bits per heavy atom. The van der Waals surface area contributed by atoms with Gasteiger partial charge >= 0.3 is 6.03 Å². The molecule has 2 N–H and O–H groups in total. The Kier molecular flexibility index (Phi) is 6.36. The third-order valence-corrected chi connectivity index (χ3v) is 3.33. The summed E-state index contributed by atoms with van der Waals surface area (Å²) in [5.41, 5.74) is 3.38. The smallest absolute Gasteiger partial charge is 0.317 e. The molecule has 0 aliphatic rings. The van der Waals surface area contributed by atoms with Gasteiger partial charge in [0, 0.05) is 6.54 Å². The number of hydrogen-bond donors (Lipinski definition) is 2. The van der Waals surface area contributed by atoms with Crippen LogP contribution in [0.1, 0.15) is 37.0 Å². The van der Waals surface area contributed by atoms with Crippen LogP contribution in [-0.2, 0) is 0 Å². The van der Waals surface area contributed by atoms with Crippen LogP contribution in [0.3, 0.4) is 0 Å². The first-order valence-electron chi connectivity index (χ1n) is 7.13. The van der Waals surface area contributed by atoms with Crippen LogP contribution in [0, 0.1) is 26.7 Å². The van der Waals surface area contributed by atoms with Gasteiger partial charge in [0.25, 0.3) is 0 Å². The first-order valence-corrected chi connectivity index (χ1v) is 7.13. The summed E-state index contributed by atoms with van der Waals surface area (Å²) in [5, 5.41) is 5.52. The predicted molar refractivity (Wildman–Crippen MR) is 82.1 cm³/mol. The molecule has 4 heteroatoms. The Morgan fingerprint density at radius 3 is 2.45 bits per heavy atom. The molecular weight excluding hydrogens is 252 g/mol. The molecule has 0 aliphatic carbocycles. The van der Waals surface area contributed by atoms with Gasteiger partial charge in [0.15, 0.2) is 6.73 Å². The zero-order valence-corrected chi connectivity index (χ0v) is 13.2. The van der Waals surface area contributed by atoms with E-state index in [2.05, 4.69) is 30.5 Å². The van der Waals surface area contributed by atoms with Crippen molar-refractivity contribution in [1.29, 1.82) is 0 Å². The van der Waals surface area contributed by atoms with Crippen LogP contribution in [0.25, 0.3) is 0 Å². The van der Waals surface area contributed by atoms with Crippen LogP contribution >= 0.6 is 0 Å².